The lowest BCUT2D eigenvalue weighted by Gasteiger charge is -2.39. The number of fused-ring (bicyclic) bond motifs is 1. The first-order valence-electron chi connectivity index (χ1n) is 11.4. The number of halogens is 1. The van der Waals surface area contributed by atoms with E-state index >= 15 is 0 Å². The summed E-state index contributed by atoms with van der Waals surface area (Å²) in [5.74, 6) is -0.495. The lowest BCUT2D eigenvalue weighted by Crippen LogP contribution is -2.50. The summed E-state index contributed by atoms with van der Waals surface area (Å²) in [7, 11) is -4.12. The van der Waals surface area contributed by atoms with Crippen LogP contribution in [0.25, 0.3) is 0 Å². The first-order chi connectivity index (χ1) is 16.6. The van der Waals surface area contributed by atoms with E-state index in [4.69, 9.17) is 9.47 Å². The van der Waals surface area contributed by atoms with Crippen molar-refractivity contribution >= 4 is 33.4 Å². The molecule has 2 N–H and O–H groups in total. The van der Waals surface area contributed by atoms with Gasteiger partial charge in [0.1, 0.15) is 23.3 Å². The second-order valence-electron chi connectivity index (χ2n) is 10.3. The summed E-state index contributed by atoms with van der Waals surface area (Å²) >= 11 is 0. The van der Waals surface area contributed by atoms with Gasteiger partial charge in [-0.25, -0.2) is 17.6 Å². The zero-order chi connectivity index (χ0) is 26.9. The highest BCUT2D eigenvalue weighted by Gasteiger charge is 2.37. The van der Waals surface area contributed by atoms with Gasteiger partial charge in [-0.3, -0.25) is 14.4 Å². The van der Waals surface area contributed by atoms with Crippen molar-refractivity contribution in [3.8, 4) is 5.75 Å². The van der Waals surface area contributed by atoms with E-state index in [1.54, 1.807) is 32.9 Å². The van der Waals surface area contributed by atoms with Gasteiger partial charge in [0, 0.05) is 24.6 Å². The van der Waals surface area contributed by atoms with E-state index in [1.165, 1.54) is 29.4 Å². The molecule has 2 amide bonds. The van der Waals surface area contributed by atoms with Gasteiger partial charge < -0.3 is 14.8 Å². The molecule has 9 nitrogen and oxygen atoms in total. The van der Waals surface area contributed by atoms with Gasteiger partial charge in [0.05, 0.1) is 17.1 Å². The van der Waals surface area contributed by atoms with E-state index < -0.39 is 39.2 Å². The predicted molar refractivity (Wildman–Crippen MR) is 134 cm³/mol. The Morgan fingerprint density at radius 2 is 1.75 bits per heavy atom. The minimum absolute atomic E-state index is 0.0639. The van der Waals surface area contributed by atoms with E-state index in [9.17, 15) is 22.4 Å². The number of hydrogen-bond acceptors (Lipinski definition) is 6. The van der Waals surface area contributed by atoms with Crippen LogP contribution in [0.15, 0.2) is 47.4 Å². The number of nitrogens with zero attached hydrogens (tertiary/aromatic N) is 1. The van der Waals surface area contributed by atoms with Crippen LogP contribution in [-0.4, -0.2) is 44.2 Å². The molecule has 0 bridgehead atoms. The Balaban J connectivity index is 2.00. The minimum atomic E-state index is -4.12. The maximum atomic E-state index is 13.6. The minimum Gasteiger partial charge on any atom is -0.486 e. The van der Waals surface area contributed by atoms with Crippen LogP contribution in [0.3, 0.4) is 0 Å². The Hall–Kier alpha value is -3.34. The normalized spacial score (nSPS) is 16.0. The number of ether oxygens (including phenoxy) is 2. The van der Waals surface area contributed by atoms with Gasteiger partial charge in [0.25, 0.3) is 10.0 Å². The van der Waals surface area contributed by atoms with Gasteiger partial charge in [-0.05, 0) is 77.1 Å². The van der Waals surface area contributed by atoms with Gasteiger partial charge in [-0.15, -0.1) is 0 Å². The van der Waals surface area contributed by atoms with Crippen LogP contribution in [0.2, 0.25) is 0 Å². The molecular formula is C25H32FN3O6S. The molecule has 3 rings (SSSR count). The summed E-state index contributed by atoms with van der Waals surface area (Å²) in [4.78, 5) is 23.8. The molecule has 196 valence electrons. The molecule has 1 heterocycles. The Kier molecular flexibility index (Phi) is 7.54. The third-order valence-corrected chi connectivity index (χ3v) is 6.98. The highest BCUT2D eigenvalue weighted by atomic mass is 32.2. The van der Waals surface area contributed by atoms with E-state index in [1.807, 2.05) is 13.8 Å². The lowest BCUT2D eigenvalue weighted by molar-refractivity contribution is -0.120. The monoisotopic (exact) mass is 521 g/mol. The number of benzene rings is 2. The Labute approximate surface area is 211 Å². The number of anilines is 2. The second-order valence-corrected chi connectivity index (χ2v) is 12.2. The topological polar surface area (TPSA) is 114 Å². The van der Waals surface area contributed by atoms with Crippen LogP contribution >= 0.6 is 0 Å². The average Bonchev–Trinajstić information content (AvgIpc) is 2.71. The van der Waals surface area contributed by atoms with E-state index in [0.29, 0.717) is 12.1 Å². The molecule has 0 aliphatic carbocycles. The third kappa shape index (κ3) is 6.87. The number of nitrogens with one attached hydrogen (secondary N) is 2. The number of carbonyl (C=O) groups is 2. The summed E-state index contributed by atoms with van der Waals surface area (Å²) in [5, 5.41) is 5.44. The number of sulfonamides is 1. The fraction of sp³-hybridized carbons (Fsp3) is 0.440. The highest BCUT2D eigenvalue weighted by molar-refractivity contribution is 7.92. The predicted octanol–water partition coefficient (Wildman–Crippen LogP) is 4.43. The van der Waals surface area contributed by atoms with Crippen molar-refractivity contribution in [1.82, 2.24) is 5.32 Å². The zero-order valence-electron chi connectivity index (χ0n) is 21.2. The molecule has 1 unspecified atom stereocenters. The largest absolute Gasteiger partial charge is 0.486 e. The summed E-state index contributed by atoms with van der Waals surface area (Å²) in [6.45, 7) is 10.2. The van der Waals surface area contributed by atoms with E-state index in [2.05, 4.69) is 10.6 Å². The van der Waals surface area contributed by atoms with Crippen molar-refractivity contribution in [3.63, 3.8) is 0 Å². The molecule has 11 heteroatoms. The maximum Gasteiger partial charge on any atom is 0.412 e. The van der Waals surface area contributed by atoms with Crippen LogP contribution in [0.5, 0.6) is 5.75 Å². The summed E-state index contributed by atoms with van der Waals surface area (Å²) < 4.78 is 53.3. The van der Waals surface area contributed by atoms with Crippen molar-refractivity contribution in [2.24, 2.45) is 0 Å². The summed E-state index contributed by atoms with van der Waals surface area (Å²) in [6.07, 6.45) is -0.972. The van der Waals surface area contributed by atoms with Crippen LogP contribution in [-0.2, 0) is 19.6 Å². The fourth-order valence-corrected chi connectivity index (χ4v) is 5.47. The number of amides is 2. The Bertz CT molecular complexity index is 1240. The van der Waals surface area contributed by atoms with E-state index in [-0.39, 0.29) is 28.8 Å². The Morgan fingerprint density at radius 1 is 1.11 bits per heavy atom. The molecule has 0 saturated heterocycles. The molecule has 0 spiro atoms. The van der Waals surface area contributed by atoms with Gasteiger partial charge in [-0.1, -0.05) is 0 Å². The molecule has 1 aliphatic rings. The van der Waals surface area contributed by atoms with Crippen LogP contribution in [0, 0.1) is 5.82 Å². The molecule has 2 aromatic rings. The molecule has 36 heavy (non-hydrogen) atoms. The maximum absolute atomic E-state index is 13.6. The summed E-state index contributed by atoms with van der Waals surface area (Å²) in [6, 6.07) is 9.16. The summed E-state index contributed by atoms with van der Waals surface area (Å²) in [5.41, 5.74) is -0.866. The van der Waals surface area contributed by atoms with Crippen molar-refractivity contribution in [2.45, 2.75) is 70.1 Å². The molecule has 0 fully saturated rings. The molecule has 1 atom stereocenters. The third-order valence-electron chi connectivity index (χ3n) is 5.19. The van der Waals surface area contributed by atoms with Gasteiger partial charge in [0.2, 0.25) is 5.91 Å². The van der Waals surface area contributed by atoms with Crippen molar-refractivity contribution in [1.29, 1.82) is 0 Å². The molecule has 0 aromatic heterocycles. The highest BCUT2D eigenvalue weighted by Crippen LogP contribution is 2.40. The van der Waals surface area contributed by atoms with Crippen LogP contribution < -0.4 is 19.7 Å². The average molecular weight is 522 g/mol. The van der Waals surface area contributed by atoms with E-state index in [0.717, 1.165) is 12.1 Å². The van der Waals surface area contributed by atoms with Crippen molar-refractivity contribution < 1.29 is 31.9 Å². The van der Waals surface area contributed by atoms with Crippen LogP contribution in [0.1, 0.15) is 48.0 Å². The number of rotatable bonds is 6. The van der Waals surface area contributed by atoms with Gasteiger partial charge >= 0.3 is 6.09 Å². The van der Waals surface area contributed by atoms with Crippen molar-refractivity contribution in [3.05, 3.63) is 48.3 Å². The van der Waals surface area contributed by atoms with Gasteiger partial charge in [0.15, 0.2) is 0 Å². The SMILES string of the molecule is CC(=O)NC(C)(C)CC1CN(S(=O)(=O)c2ccc(F)cc2)c2cc(NC(=O)OC(C)(C)C)ccc2O1. The molecule has 0 saturated carbocycles. The zero-order valence-corrected chi connectivity index (χ0v) is 22.0. The first kappa shape index (κ1) is 27.3. The lowest BCUT2D eigenvalue weighted by atomic mass is 9.95. The number of carbonyl (C=O) groups excluding carboxylic acids is 2. The number of hydrogen-bond donors (Lipinski definition) is 2. The standard InChI is InChI=1S/C25H32FN3O6S/c1-16(30)28-25(5,6)14-19-15-29(36(32,33)20-10-7-17(26)8-11-20)21-13-18(9-12-22(21)34-19)27-23(31)35-24(2,3)4/h7-13,19H,14-15H2,1-6H3,(H,27,31)(H,28,30). The van der Waals surface area contributed by atoms with Crippen molar-refractivity contribution in [2.75, 3.05) is 16.2 Å². The molecule has 2 aromatic carbocycles. The molecule has 1 aliphatic heterocycles. The quantitative estimate of drug-likeness (QED) is 0.581. The fourth-order valence-electron chi connectivity index (χ4n) is 3.98. The van der Waals surface area contributed by atoms with Gasteiger partial charge in [-0.2, -0.15) is 0 Å². The first-order valence-corrected chi connectivity index (χ1v) is 12.9. The molecule has 0 radical (unpaired) electrons. The Morgan fingerprint density at radius 3 is 2.33 bits per heavy atom. The second kappa shape index (κ2) is 9.96. The molecular weight excluding hydrogens is 489 g/mol. The smallest absolute Gasteiger partial charge is 0.412 e. The van der Waals surface area contributed by atoms with Crippen LogP contribution in [0.4, 0.5) is 20.6 Å².